The number of hydrogen-bond acceptors (Lipinski definition) is 4. The summed E-state index contributed by atoms with van der Waals surface area (Å²) in [5.41, 5.74) is 1.92. The summed E-state index contributed by atoms with van der Waals surface area (Å²) < 4.78 is 13.6. The van der Waals surface area contributed by atoms with Crippen LogP contribution in [0.25, 0.3) is 11.4 Å². The number of alkyl halides is 1. The molecular weight excluding hydrogens is 351 g/mol. The van der Waals surface area contributed by atoms with Crippen LogP contribution in [0.3, 0.4) is 0 Å². The molecule has 2 atom stereocenters. The fourth-order valence-corrected chi connectivity index (χ4v) is 4.05. The lowest BCUT2D eigenvalue weighted by molar-refractivity contribution is -0.129. The minimum atomic E-state index is -0.478. The van der Waals surface area contributed by atoms with Crippen molar-refractivity contribution in [2.24, 2.45) is 5.92 Å². The van der Waals surface area contributed by atoms with Crippen molar-refractivity contribution >= 4 is 17.2 Å². The van der Waals surface area contributed by atoms with Crippen LogP contribution in [-0.2, 0) is 11.2 Å². The molecule has 3 aromatic rings. The van der Waals surface area contributed by atoms with E-state index in [0.29, 0.717) is 31.2 Å². The second-order valence-corrected chi connectivity index (χ2v) is 7.32. The van der Waals surface area contributed by atoms with Crippen molar-refractivity contribution in [3.05, 3.63) is 58.5 Å². The van der Waals surface area contributed by atoms with Gasteiger partial charge in [0, 0.05) is 30.5 Å². The molecule has 0 saturated carbocycles. The summed E-state index contributed by atoms with van der Waals surface area (Å²) >= 11 is 1.57. The molecule has 1 amide bonds. The molecule has 134 valence electrons. The zero-order chi connectivity index (χ0) is 17.9. The number of aromatic amines is 1. The third-order valence-corrected chi connectivity index (χ3v) is 5.55. The van der Waals surface area contributed by atoms with Gasteiger partial charge in [-0.05, 0) is 22.4 Å². The molecule has 3 heterocycles. The number of likely N-dealkylation sites (tertiary alicyclic amines) is 1. The van der Waals surface area contributed by atoms with Crippen LogP contribution in [0.5, 0.6) is 0 Å². The zero-order valence-corrected chi connectivity index (χ0v) is 15.0. The lowest BCUT2D eigenvalue weighted by atomic mass is 9.97. The highest BCUT2D eigenvalue weighted by Gasteiger charge is 2.38. The van der Waals surface area contributed by atoms with Crippen LogP contribution in [0.15, 0.2) is 47.2 Å². The first-order valence-electron chi connectivity index (χ1n) is 8.57. The molecule has 1 aromatic carbocycles. The fourth-order valence-electron chi connectivity index (χ4n) is 3.38. The average Bonchev–Trinajstić information content (AvgIpc) is 3.42. The Hall–Kier alpha value is -2.54. The average molecular weight is 370 g/mol. The van der Waals surface area contributed by atoms with Crippen LogP contribution in [0.2, 0.25) is 0 Å². The number of hydrogen-bond donors (Lipinski definition) is 1. The first-order chi connectivity index (χ1) is 12.7. The molecule has 26 heavy (non-hydrogen) atoms. The SMILES string of the molecule is O=C(Cc1ccsc1)N1C[C@@H](CF)[C@H](c2nc(-c3ccccc3)n[nH]2)C1. The van der Waals surface area contributed by atoms with E-state index in [1.54, 1.807) is 16.2 Å². The van der Waals surface area contributed by atoms with E-state index in [9.17, 15) is 9.18 Å². The highest BCUT2D eigenvalue weighted by Crippen LogP contribution is 2.32. The summed E-state index contributed by atoms with van der Waals surface area (Å²) in [6, 6.07) is 11.6. The van der Waals surface area contributed by atoms with Gasteiger partial charge in [0.1, 0.15) is 5.82 Å². The number of thiophene rings is 1. The van der Waals surface area contributed by atoms with Gasteiger partial charge in [-0.2, -0.15) is 16.4 Å². The molecule has 4 rings (SSSR count). The van der Waals surface area contributed by atoms with Crippen LogP contribution < -0.4 is 0 Å². The Kier molecular flexibility index (Phi) is 4.79. The molecule has 0 aliphatic carbocycles. The molecule has 2 aromatic heterocycles. The largest absolute Gasteiger partial charge is 0.341 e. The number of halogens is 1. The Morgan fingerprint density at radius 2 is 2.12 bits per heavy atom. The van der Waals surface area contributed by atoms with Gasteiger partial charge in [-0.3, -0.25) is 14.3 Å². The summed E-state index contributed by atoms with van der Waals surface area (Å²) in [5, 5.41) is 11.2. The van der Waals surface area contributed by atoms with E-state index in [4.69, 9.17) is 0 Å². The van der Waals surface area contributed by atoms with Gasteiger partial charge in [-0.15, -0.1) is 0 Å². The van der Waals surface area contributed by atoms with Crippen molar-refractivity contribution in [2.75, 3.05) is 19.8 Å². The van der Waals surface area contributed by atoms with Gasteiger partial charge in [-0.1, -0.05) is 30.3 Å². The van der Waals surface area contributed by atoms with Crippen molar-refractivity contribution in [2.45, 2.75) is 12.3 Å². The number of amides is 1. The maximum Gasteiger partial charge on any atom is 0.227 e. The quantitative estimate of drug-likeness (QED) is 0.750. The standard InChI is InChI=1S/C19H19FN4OS/c20-9-15-10-24(17(25)8-13-6-7-26-12-13)11-16(15)19-21-18(22-23-19)14-4-2-1-3-5-14/h1-7,12,15-16H,8-11H2,(H,21,22,23)/t15-,16-/m1/s1. The maximum atomic E-state index is 13.6. The fraction of sp³-hybridized carbons (Fsp3) is 0.316. The number of nitrogens with zero attached hydrogens (tertiary/aromatic N) is 3. The summed E-state index contributed by atoms with van der Waals surface area (Å²) in [5.74, 6) is 0.875. The summed E-state index contributed by atoms with van der Waals surface area (Å²) in [6.07, 6.45) is 0.362. The Labute approximate surface area is 154 Å². The molecule has 1 aliphatic rings. The zero-order valence-electron chi connectivity index (χ0n) is 14.1. The van der Waals surface area contributed by atoms with Crippen molar-refractivity contribution in [3.63, 3.8) is 0 Å². The molecule has 7 heteroatoms. The molecule has 1 fully saturated rings. The van der Waals surface area contributed by atoms with Gasteiger partial charge in [0.05, 0.1) is 13.1 Å². The van der Waals surface area contributed by atoms with Crippen molar-refractivity contribution < 1.29 is 9.18 Å². The number of rotatable bonds is 5. The lowest BCUT2D eigenvalue weighted by Gasteiger charge is -2.15. The molecule has 0 radical (unpaired) electrons. The van der Waals surface area contributed by atoms with Crippen molar-refractivity contribution in [1.29, 1.82) is 0 Å². The molecule has 0 bridgehead atoms. The smallest absolute Gasteiger partial charge is 0.227 e. The van der Waals surface area contributed by atoms with E-state index in [0.717, 1.165) is 11.1 Å². The van der Waals surface area contributed by atoms with Crippen LogP contribution in [0.1, 0.15) is 17.3 Å². The Bertz CT molecular complexity index is 865. The van der Waals surface area contributed by atoms with E-state index in [1.165, 1.54) is 0 Å². The van der Waals surface area contributed by atoms with Crippen LogP contribution in [-0.4, -0.2) is 45.8 Å². The van der Waals surface area contributed by atoms with Gasteiger partial charge in [-0.25, -0.2) is 4.98 Å². The number of carbonyl (C=O) groups excluding carboxylic acids is 1. The van der Waals surface area contributed by atoms with E-state index in [-0.39, 0.29) is 17.7 Å². The van der Waals surface area contributed by atoms with Crippen LogP contribution in [0, 0.1) is 5.92 Å². The summed E-state index contributed by atoms with van der Waals surface area (Å²) in [7, 11) is 0. The highest BCUT2D eigenvalue weighted by atomic mass is 32.1. The Balaban J connectivity index is 1.49. The molecule has 0 unspecified atom stereocenters. The second kappa shape index (κ2) is 7.37. The minimum absolute atomic E-state index is 0.0344. The lowest BCUT2D eigenvalue weighted by Crippen LogP contribution is -2.30. The Morgan fingerprint density at radius 3 is 2.85 bits per heavy atom. The molecular formula is C19H19FN4OS. The molecule has 1 aliphatic heterocycles. The van der Waals surface area contributed by atoms with Gasteiger partial charge in [0.25, 0.3) is 0 Å². The maximum absolute atomic E-state index is 13.6. The van der Waals surface area contributed by atoms with E-state index in [2.05, 4.69) is 15.2 Å². The number of H-pyrrole nitrogens is 1. The van der Waals surface area contributed by atoms with E-state index >= 15 is 0 Å². The second-order valence-electron chi connectivity index (χ2n) is 6.54. The van der Waals surface area contributed by atoms with Gasteiger partial charge in [0.15, 0.2) is 5.82 Å². The monoisotopic (exact) mass is 370 g/mol. The number of aromatic nitrogens is 3. The van der Waals surface area contributed by atoms with Crippen molar-refractivity contribution in [3.8, 4) is 11.4 Å². The van der Waals surface area contributed by atoms with Crippen LogP contribution in [0.4, 0.5) is 4.39 Å². The topological polar surface area (TPSA) is 61.9 Å². The number of carbonyl (C=O) groups is 1. The predicted molar refractivity (Wildman–Crippen MR) is 98.6 cm³/mol. The minimum Gasteiger partial charge on any atom is -0.341 e. The number of benzene rings is 1. The Morgan fingerprint density at radius 1 is 1.27 bits per heavy atom. The third kappa shape index (κ3) is 3.39. The van der Waals surface area contributed by atoms with Gasteiger partial charge < -0.3 is 4.90 Å². The molecule has 1 saturated heterocycles. The summed E-state index contributed by atoms with van der Waals surface area (Å²) in [6.45, 7) is 0.417. The summed E-state index contributed by atoms with van der Waals surface area (Å²) in [4.78, 5) is 18.8. The molecule has 1 N–H and O–H groups in total. The first kappa shape index (κ1) is 16.9. The number of nitrogens with one attached hydrogen (secondary N) is 1. The van der Waals surface area contributed by atoms with E-state index in [1.807, 2.05) is 47.2 Å². The van der Waals surface area contributed by atoms with Crippen LogP contribution >= 0.6 is 11.3 Å². The normalized spacial score (nSPS) is 19.8. The van der Waals surface area contributed by atoms with E-state index < -0.39 is 6.67 Å². The molecule has 5 nitrogen and oxygen atoms in total. The molecule has 0 spiro atoms. The highest BCUT2D eigenvalue weighted by molar-refractivity contribution is 7.08. The third-order valence-electron chi connectivity index (χ3n) is 4.81. The predicted octanol–water partition coefficient (Wildman–Crippen LogP) is 3.29. The van der Waals surface area contributed by atoms with Crippen molar-refractivity contribution in [1.82, 2.24) is 20.1 Å². The van der Waals surface area contributed by atoms with Gasteiger partial charge >= 0.3 is 0 Å². The first-order valence-corrected chi connectivity index (χ1v) is 9.51. The van der Waals surface area contributed by atoms with Gasteiger partial charge in [0.2, 0.25) is 5.91 Å².